The van der Waals surface area contributed by atoms with E-state index in [1.807, 2.05) is 57.2 Å². The standard InChI is InChI=1S/C19H25NO4S/c1-4-23-18-12-11-17(13-19(18)24-5-2)15(3)20-25(21,22)14-16-9-7-6-8-10-16/h6-13,15,20H,4-5,14H2,1-3H3/t15-/m0/s1. The summed E-state index contributed by atoms with van der Waals surface area (Å²) < 4.78 is 38.7. The van der Waals surface area contributed by atoms with Gasteiger partial charge >= 0.3 is 0 Å². The summed E-state index contributed by atoms with van der Waals surface area (Å²) in [4.78, 5) is 0. The molecule has 0 aromatic heterocycles. The Balaban J connectivity index is 2.13. The van der Waals surface area contributed by atoms with Crippen LogP contribution in [-0.4, -0.2) is 21.6 Å². The van der Waals surface area contributed by atoms with Crippen molar-refractivity contribution in [3.63, 3.8) is 0 Å². The van der Waals surface area contributed by atoms with E-state index in [0.717, 1.165) is 11.1 Å². The molecule has 0 radical (unpaired) electrons. The molecule has 0 heterocycles. The summed E-state index contributed by atoms with van der Waals surface area (Å²) in [6.07, 6.45) is 0. The molecular weight excluding hydrogens is 338 g/mol. The third-order valence-corrected chi connectivity index (χ3v) is 5.05. The van der Waals surface area contributed by atoms with Crippen LogP contribution in [0, 0.1) is 0 Å². The number of rotatable bonds is 9. The Morgan fingerprint density at radius 1 is 0.960 bits per heavy atom. The molecule has 0 saturated carbocycles. The molecule has 0 amide bonds. The van der Waals surface area contributed by atoms with Gasteiger partial charge in [0.25, 0.3) is 0 Å². The fourth-order valence-corrected chi connectivity index (χ4v) is 3.90. The second kappa shape index (κ2) is 8.87. The molecule has 0 aliphatic heterocycles. The van der Waals surface area contributed by atoms with Crippen molar-refractivity contribution in [2.24, 2.45) is 0 Å². The zero-order chi connectivity index (χ0) is 18.3. The fourth-order valence-electron chi connectivity index (χ4n) is 2.51. The van der Waals surface area contributed by atoms with Crippen molar-refractivity contribution in [2.45, 2.75) is 32.6 Å². The summed E-state index contributed by atoms with van der Waals surface area (Å²) in [5.41, 5.74) is 1.58. The quantitative estimate of drug-likeness (QED) is 0.738. The molecule has 0 bridgehead atoms. The average Bonchev–Trinajstić information content (AvgIpc) is 2.57. The van der Waals surface area contributed by atoms with Gasteiger partial charge in [-0.25, -0.2) is 13.1 Å². The lowest BCUT2D eigenvalue weighted by atomic mass is 10.1. The molecule has 0 aliphatic carbocycles. The summed E-state index contributed by atoms with van der Waals surface area (Å²) in [5.74, 6) is 1.23. The molecule has 25 heavy (non-hydrogen) atoms. The smallest absolute Gasteiger partial charge is 0.216 e. The van der Waals surface area contributed by atoms with Crippen molar-refractivity contribution in [3.05, 3.63) is 59.7 Å². The maximum Gasteiger partial charge on any atom is 0.216 e. The highest BCUT2D eigenvalue weighted by molar-refractivity contribution is 7.88. The highest BCUT2D eigenvalue weighted by Gasteiger charge is 2.18. The van der Waals surface area contributed by atoms with E-state index in [1.165, 1.54) is 0 Å². The normalized spacial score (nSPS) is 12.6. The largest absolute Gasteiger partial charge is 0.490 e. The van der Waals surface area contributed by atoms with E-state index in [4.69, 9.17) is 9.47 Å². The van der Waals surface area contributed by atoms with E-state index in [-0.39, 0.29) is 11.8 Å². The van der Waals surface area contributed by atoms with E-state index in [2.05, 4.69) is 4.72 Å². The van der Waals surface area contributed by atoms with Crippen LogP contribution in [0.1, 0.15) is 37.9 Å². The second-order valence-corrected chi connectivity index (χ2v) is 7.41. The van der Waals surface area contributed by atoms with Gasteiger partial charge in [-0.2, -0.15) is 0 Å². The summed E-state index contributed by atoms with van der Waals surface area (Å²) in [5, 5.41) is 0. The van der Waals surface area contributed by atoms with Crippen LogP contribution in [0.5, 0.6) is 11.5 Å². The Kier molecular flexibility index (Phi) is 6.84. The molecule has 0 spiro atoms. The molecule has 1 N–H and O–H groups in total. The van der Waals surface area contributed by atoms with Gasteiger partial charge in [-0.15, -0.1) is 0 Å². The molecule has 136 valence electrons. The number of hydrogen-bond acceptors (Lipinski definition) is 4. The number of benzene rings is 2. The zero-order valence-corrected chi connectivity index (χ0v) is 15.7. The number of sulfonamides is 1. The first-order valence-electron chi connectivity index (χ1n) is 8.38. The van der Waals surface area contributed by atoms with Crippen molar-refractivity contribution in [1.82, 2.24) is 4.72 Å². The van der Waals surface area contributed by atoms with E-state index in [9.17, 15) is 8.42 Å². The van der Waals surface area contributed by atoms with Gasteiger partial charge in [0, 0.05) is 6.04 Å². The van der Waals surface area contributed by atoms with Gasteiger partial charge in [0.05, 0.1) is 19.0 Å². The third-order valence-electron chi connectivity index (χ3n) is 3.62. The van der Waals surface area contributed by atoms with Crippen molar-refractivity contribution >= 4 is 10.0 Å². The molecule has 5 nitrogen and oxygen atoms in total. The molecule has 2 aromatic rings. The highest BCUT2D eigenvalue weighted by Crippen LogP contribution is 2.31. The molecule has 6 heteroatoms. The van der Waals surface area contributed by atoms with Crippen molar-refractivity contribution in [3.8, 4) is 11.5 Å². The first kappa shape index (κ1) is 19.3. The number of nitrogens with one attached hydrogen (secondary N) is 1. The van der Waals surface area contributed by atoms with E-state index >= 15 is 0 Å². The first-order chi connectivity index (χ1) is 11.9. The van der Waals surface area contributed by atoms with Crippen LogP contribution < -0.4 is 14.2 Å². The van der Waals surface area contributed by atoms with Crippen LogP contribution in [0.25, 0.3) is 0 Å². The van der Waals surface area contributed by atoms with Crippen molar-refractivity contribution in [2.75, 3.05) is 13.2 Å². The van der Waals surface area contributed by atoms with Gasteiger partial charge in [-0.3, -0.25) is 0 Å². The predicted molar refractivity (Wildman–Crippen MR) is 99.4 cm³/mol. The van der Waals surface area contributed by atoms with E-state index in [1.54, 1.807) is 12.1 Å². The lowest BCUT2D eigenvalue weighted by Crippen LogP contribution is -2.28. The van der Waals surface area contributed by atoms with E-state index in [0.29, 0.717) is 24.7 Å². The highest BCUT2D eigenvalue weighted by atomic mass is 32.2. The van der Waals surface area contributed by atoms with Crippen LogP contribution in [0.15, 0.2) is 48.5 Å². The lowest BCUT2D eigenvalue weighted by Gasteiger charge is -2.17. The molecular formula is C19H25NO4S. The second-order valence-electron chi connectivity index (χ2n) is 5.66. The van der Waals surface area contributed by atoms with Gasteiger partial charge < -0.3 is 9.47 Å². The van der Waals surface area contributed by atoms with E-state index < -0.39 is 10.0 Å². The molecule has 2 rings (SSSR count). The summed E-state index contributed by atoms with van der Waals surface area (Å²) >= 11 is 0. The van der Waals surface area contributed by atoms with Crippen molar-refractivity contribution in [1.29, 1.82) is 0 Å². The molecule has 0 aliphatic rings. The van der Waals surface area contributed by atoms with Crippen LogP contribution >= 0.6 is 0 Å². The molecule has 0 unspecified atom stereocenters. The van der Waals surface area contributed by atoms with Gasteiger partial charge in [-0.1, -0.05) is 36.4 Å². The lowest BCUT2D eigenvalue weighted by molar-refractivity contribution is 0.287. The molecule has 1 atom stereocenters. The Labute approximate surface area is 150 Å². The summed E-state index contributed by atoms with van der Waals surface area (Å²) in [6.45, 7) is 6.67. The summed E-state index contributed by atoms with van der Waals surface area (Å²) in [7, 11) is -3.45. The monoisotopic (exact) mass is 363 g/mol. The topological polar surface area (TPSA) is 64.6 Å². The Morgan fingerprint density at radius 2 is 1.60 bits per heavy atom. The minimum atomic E-state index is -3.45. The van der Waals surface area contributed by atoms with Crippen LogP contribution in [0.2, 0.25) is 0 Å². The maximum atomic E-state index is 12.4. The Hall–Kier alpha value is -2.05. The summed E-state index contributed by atoms with van der Waals surface area (Å²) in [6, 6.07) is 14.2. The predicted octanol–water partition coefficient (Wildman–Crippen LogP) is 3.66. The number of hydrogen-bond donors (Lipinski definition) is 1. The fraction of sp³-hybridized carbons (Fsp3) is 0.368. The molecule has 0 fully saturated rings. The number of ether oxygens (including phenoxy) is 2. The molecule has 0 saturated heterocycles. The van der Waals surface area contributed by atoms with Gasteiger partial charge in [0.2, 0.25) is 10.0 Å². The van der Waals surface area contributed by atoms with Crippen LogP contribution in [0.4, 0.5) is 0 Å². The van der Waals surface area contributed by atoms with Gasteiger partial charge in [0.15, 0.2) is 11.5 Å². The molecule has 2 aromatic carbocycles. The SMILES string of the molecule is CCOc1ccc([C@H](C)NS(=O)(=O)Cc2ccccc2)cc1OCC. The third kappa shape index (κ3) is 5.76. The zero-order valence-electron chi connectivity index (χ0n) is 14.9. The van der Waals surface area contributed by atoms with Gasteiger partial charge in [0.1, 0.15) is 0 Å². The average molecular weight is 363 g/mol. The maximum absolute atomic E-state index is 12.4. The van der Waals surface area contributed by atoms with Gasteiger partial charge in [-0.05, 0) is 44.0 Å². The minimum Gasteiger partial charge on any atom is -0.490 e. The Bertz CT molecular complexity index is 775. The first-order valence-corrected chi connectivity index (χ1v) is 10.0. The van der Waals surface area contributed by atoms with Crippen molar-refractivity contribution < 1.29 is 17.9 Å². The Morgan fingerprint density at radius 3 is 2.24 bits per heavy atom. The van der Waals surface area contributed by atoms with Crippen LogP contribution in [0.3, 0.4) is 0 Å². The minimum absolute atomic E-state index is 0.0481. The van der Waals surface area contributed by atoms with Crippen LogP contribution in [-0.2, 0) is 15.8 Å².